The quantitative estimate of drug-likeness (QED) is 0.518. The van der Waals surface area contributed by atoms with Gasteiger partial charge in [-0.05, 0) is 99.8 Å². The lowest BCUT2D eigenvalue weighted by molar-refractivity contribution is 0.0328. The van der Waals surface area contributed by atoms with Crippen LogP contribution < -0.4 is 0 Å². The molecule has 1 heteroatoms. The Morgan fingerprint density at radius 2 is 1.63 bits per heavy atom. The van der Waals surface area contributed by atoms with Gasteiger partial charge in [-0.15, -0.1) is 0 Å². The van der Waals surface area contributed by atoms with Crippen molar-refractivity contribution in [3.05, 3.63) is 47.5 Å². The summed E-state index contributed by atoms with van der Waals surface area (Å²) in [5.41, 5.74) is 2.60. The van der Waals surface area contributed by atoms with Crippen molar-refractivity contribution in [3.63, 3.8) is 0 Å². The molecule has 1 aromatic rings. The fourth-order valence-electron chi connectivity index (χ4n) is 4.74. The molecular weight excluding hydrogens is 328 g/mol. The molecule has 0 aromatic heterocycles. The van der Waals surface area contributed by atoms with Gasteiger partial charge in [0.05, 0.1) is 6.10 Å². The number of allylic oxidation sites excluding steroid dienone is 2. The molecule has 0 aliphatic heterocycles. The smallest absolute Gasteiger partial charge is 0.0575 e. The van der Waals surface area contributed by atoms with Crippen LogP contribution in [0.4, 0.5) is 0 Å². The van der Waals surface area contributed by atoms with Gasteiger partial charge in [-0.1, -0.05) is 43.4 Å². The zero-order valence-electron chi connectivity index (χ0n) is 17.3. The Balaban J connectivity index is 1.46. The maximum Gasteiger partial charge on any atom is 0.0575 e. The van der Waals surface area contributed by atoms with E-state index in [1.807, 2.05) is 0 Å². The lowest BCUT2D eigenvalue weighted by atomic mass is 9.81. The minimum atomic E-state index is 0.486. The normalized spacial score (nSPS) is 28.7. The molecule has 0 spiro atoms. The molecule has 146 valence electrons. The van der Waals surface area contributed by atoms with E-state index >= 15 is 0 Å². The van der Waals surface area contributed by atoms with Crippen LogP contribution in [0.15, 0.2) is 36.4 Å². The van der Waals surface area contributed by atoms with Gasteiger partial charge in [0, 0.05) is 12.2 Å². The van der Waals surface area contributed by atoms with Gasteiger partial charge in [-0.25, -0.2) is 0 Å². The summed E-state index contributed by atoms with van der Waals surface area (Å²) >= 11 is 0. The molecule has 3 rings (SSSR count). The second kappa shape index (κ2) is 10.7. The summed E-state index contributed by atoms with van der Waals surface area (Å²) in [5.74, 6) is 8.96. The Morgan fingerprint density at radius 1 is 0.926 bits per heavy atom. The Bertz CT molecular complexity index is 629. The molecule has 27 heavy (non-hydrogen) atoms. The summed E-state index contributed by atoms with van der Waals surface area (Å²) in [6, 6.07) is 8.95. The van der Waals surface area contributed by atoms with Crippen LogP contribution in [0, 0.1) is 23.7 Å². The molecule has 0 heterocycles. The predicted molar refractivity (Wildman–Crippen MR) is 115 cm³/mol. The van der Waals surface area contributed by atoms with Crippen LogP contribution >= 0.6 is 0 Å². The van der Waals surface area contributed by atoms with Gasteiger partial charge >= 0.3 is 0 Å². The van der Waals surface area contributed by atoms with Gasteiger partial charge in [0.25, 0.3) is 0 Å². The molecule has 1 aromatic carbocycles. The van der Waals surface area contributed by atoms with E-state index in [1.165, 1.54) is 63.4 Å². The Morgan fingerprint density at radius 3 is 2.26 bits per heavy atom. The minimum Gasteiger partial charge on any atom is -0.379 e. The lowest BCUT2D eigenvalue weighted by Crippen LogP contribution is -2.20. The standard InChI is InChI=1S/C26H36O/c1-3-21-9-11-22(12-10-21)7-5-6-8-23-13-15-24(16-14-23)25-17-19-26(20-18-25)27-4-2/h5,7,13-16,21-22,25-26H,3-4,9-12,17-20H2,1-2H3/b7-5+. The number of rotatable bonds is 5. The van der Waals surface area contributed by atoms with Gasteiger partial charge in [0.1, 0.15) is 0 Å². The van der Waals surface area contributed by atoms with Crippen molar-refractivity contribution >= 4 is 0 Å². The molecule has 0 amide bonds. The van der Waals surface area contributed by atoms with Crippen LogP contribution in [0.1, 0.15) is 88.7 Å². The number of hydrogen-bond donors (Lipinski definition) is 0. The van der Waals surface area contributed by atoms with Gasteiger partial charge in [-0.2, -0.15) is 0 Å². The Labute approximate surface area is 166 Å². The molecule has 0 saturated heterocycles. The maximum atomic E-state index is 5.77. The van der Waals surface area contributed by atoms with E-state index in [4.69, 9.17) is 4.74 Å². The number of hydrogen-bond acceptors (Lipinski definition) is 1. The van der Waals surface area contributed by atoms with E-state index in [0.29, 0.717) is 12.0 Å². The van der Waals surface area contributed by atoms with Crippen molar-refractivity contribution in [2.75, 3.05) is 6.61 Å². The first-order valence-electron chi connectivity index (χ1n) is 11.2. The first-order chi connectivity index (χ1) is 13.3. The summed E-state index contributed by atoms with van der Waals surface area (Å²) in [4.78, 5) is 0. The molecular formula is C26H36O. The molecule has 0 bridgehead atoms. The predicted octanol–water partition coefficient (Wildman–Crippen LogP) is 6.87. The van der Waals surface area contributed by atoms with Gasteiger partial charge in [0.15, 0.2) is 0 Å². The van der Waals surface area contributed by atoms with Crippen LogP contribution in [0.5, 0.6) is 0 Å². The molecule has 0 radical (unpaired) electrons. The molecule has 0 N–H and O–H groups in total. The first-order valence-corrected chi connectivity index (χ1v) is 11.2. The van der Waals surface area contributed by atoms with Crippen molar-refractivity contribution in [2.45, 2.75) is 83.7 Å². The summed E-state index contributed by atoms with van der Waals surface area (Å²) < 4.78 is 5.77. The van der Waals surface area contributed by atoms with Crippen molar-refractivity contribution in [2.24, 2.45) is 11.8 Å². The minimum absolute atomic E-state index is 0.486. The maximum absolute atomic E-state index is 5.77. The molecule has 0 unspecified atom stereocenters. The number of benzene rings is 1. The van der Waals surface area contributed by atoms with E-state index in [1.54, 1.807) is 0 Å². The van der Waals surface area contributed by atoms with Gasteiger partial charge in [-0.3, -0.25) is 0 Å². The van der Waals surface area contributed by atoms with Crippen molar-refractivity contribution in [3.8, 4) is 11.8 Å². The highest BCUT2D eigenvalue weighted by Gasteiger charge is 2.22. The second-order valence-corrected chi connectivity index (χ2v) is 8.37. The molecule has 1 nitrogen and oxygen atoms in total. The first kappa shape index (κ1) is 20.2. The molecule has 2 saturated carbocycles. The van der Waals surface area contributed by atoms with E-state index < -0.39 is 0 Å². The zero-order valence-corrected chi connectivity index (χ0v) is 17.3. The average molecular weight is 365 g/mol. The van der Waals surface area contributed by atoms with Crippen molar-refractivity contribution < 1.29 is 4.74 Å². The topological polar surface area (TPSA) is 9.23 Å². The fraction of sp³-hybridized carbons (Fsp3) is 0.615. The average Bonchev–Trinajstić information content (AvgIpc) is 2.73. The highest BCUT2D eigenvalue weighted by Crippen LogP contribution is 2.34. The largest absolute Gasteiger partial charge is 0.379 e. The third-order valence-corrected chi connectivity index (χ3v) is 6.60. The molecule has 2 aliphatic carbocycles. The van der Waals surface area contributed by atoms with Crippen LogP contribution in [0.3, 0.4) is 0 Å². The van der Waals surface area contributed by atoms with E-state index in [9.17, 15) is 0 Å². The molecule has 2 aliphatic rings. The van der Waals surface area contributed by atoms with Crippen molar-refractivity contribution in [1.29, 1.82) is 0 Å². The highest BCUT2D eigenvalue weighted by atomic mass is 16.5. The van der Waals surface area contributed by atoms with Crippen LogP contribution in [0.2, 0.25) is 0 Å². The van der Waals surface area contributed by atoms with E-state index in [2.05, 4.69) is 62.1 Å². The van der Waals surface area contributed by atoms with Gasteiger partial charge < -0.3 is 4.74 Å². The second-order valence-electron chi connectivity index (χ2n) is 8.37. The Kier molecular flexibility index (Phi) is 8.03. The zero-order chi connectivity index (χ0) is 18.9. The SMILES string of the molecule is CCOC1CCC(c2ccc(C#C/C=C/C3CCC(CC)CC3)cc2)CC1. The summed E-state index contributed by atoms with van der Waals surface area (Å²) in [6.07, 6.45) is 16.6. The molecule has 0 atom stereocenters. The van der Waals surface area contributed by atoms with E-state index in [0.717, 1.165) is 24.0 Å². The van der Waals surface area contributed by atoms with Gasteiger partial charge in [0.2, 0.25) is 0 Å². The summed E-state index contributed by atoms with van der Waals surface area (Å²) in [5, 5.41) is 0. The molecule has 2 fully saturated rings. The van der Waals surface area contributed by atoms with Crippen LogP contribution in [0.25, 0.3) is 0 Å². The lowest BCUT2D eigenvalue weighted by Gasteiger charge is -2.28. The van der Waals surface area contributed by atoms with Crippen LogP contribution in [-0.2, 0) is 4.74 Å². The monoisotopic (exact) mass is 364 g/mol. The summed E-state index contributed by atoms with van der Waals surface area (Å²) in [6.45, 7) is 5.26. The number of ether oxygens (including phenoxy) is 1. The van der Waals surface area contributed by atoms with Crippen molar-refractivity contribution in [1.82, 2.24) is 0 Å². The third kappa shape index (κ3) is 6.25. The summed E-state index contributed by atoms with van der Waals surface area (Å²) in [7, 11) is 0. The highest BCUT2D eigenvalue weighted by molar-refractivity contribution is 5.39. The van der Waals surface area contributed by atoms with E-state index in [-0.39, 0.29) is 0 Å². The fourth-order valence-corrected chi connectivity index (χ4v) is 4.74. The van der Waals surface area contributed by atoms with Crippen LogP contribution in [-0.4, -0.2) is 12.7 Å². The Hall–Kier alpha value is -1.52. The third-order valence-electron chi connectivity index (χ3n) is 6.60.